The third kappa shape index (κ3) is 4.12. The van der Waals surface area contributed by atoms with Gasteiger partial charge in [0.2, 0.25) is 5.91 Å². The smallest absolute Gasteiger partial charge is 0.345 e. The average Bonchev–Trinajstić information content (AvgIpc) is 3.02. The fourth-order valence-corrected chi connectivity index (χ4v) is 2.94. The van der Waals surface area contributed by atoms with Crippen LogP contribution >= 0.6 is 0 Å². The lowest BCUT2D eigenvalue weighted by Gasteiger charge is -2.26. The molecule has 5 nitrogen and oxygen atoms in total. The third-order valence-electron chi connectivity index (χ3n) is 4.43. The first-order chi connectivity index (χ1) is 12.3. The first kappa shape index (κ1) is 18.2. The molecule has 1 amide bonds. The Balaban J connectivity index is 1.65. The SMILES string of the molecule is C/C(=C/c1ccccc1)C(=O)NCc1nnc2n1CC(C(F)(F)F)CC2. The summed E-state index contributed by atoms with van der Waals surface area (Å²) in [5, 5.41) is 10.6. The number of hydrogen-bond acceptors (Lipinski definition) is 3. The van der Waals surface area contributed by atoms with E-state index in [4.69, 9.17) is 0 Å². The highest BCUT2D eigenvalue weighted by molar-refractivity contribution is 5.97. The second-order valence-corrected chi connectivity index (χ2v) is 6.34. The molecule has 1 aromatic carbocycles. The van der Waals surface area contributed by atoms with Crippen molar-refractivity contribution < 1.29 is 18.0 Å². The highest BCUT2D eigenvalue weighted by atomic mass is 19.4. The fourth-order valence-electron chi connectivity index (χ4n) is 2.94. The lowest BCUT2D eigenvalue weighted by Crippen LogP contribution is -2.34. The van der Waals surface area contributed by atoms with E-state index in [-0.39, 0.29) is 31.8 Å². The van der Waals surface area contributed by atoms with Crippen LogP contribution in [0.2, 0.25) is 0 Å². The summed E-state index contributed by atoms with van der Waals surface area (Å²) in [4.78, 5) is 12.2. The van der Waals surface area contributed by atoms with Crippen molar-refractivity contribution in [3.05, 3.63) is 53.1 Å². The van der Waals surface area contributed by atoms with E-state index in [1.807, 2.05) is 30.3 Å². The number of nitrogens with zero attached hydrogens (tertiary/aromatic N) is 3. The zero-order valence-corrected chi connectivity index (χ0v) is 14.3. The zero-order chi connectivity index (χ0) is 18.7. The molecule has 1 atom stereocenters. The number of fused-ring (bicyclic) bond motifs is 1. The van der Waals surface area contributed by atoms with E-state index >= 15 is 0 Å². The molecule has 1 N–H and O–H groups in total. The van der Waals surface area contributed by atoms with Gasteiger partial charge in [0.15, 0.2) is 5.82 Å². The summed E-state index contributed by atoms with van der Waals surface area (Å²) in [6.07, 6.45) is -2.24. The number of carbonyl (C=O) groups is 1. The number of carbonyl (C=O) groups excluding carboxylic acids is 1. The zero-order valence-electron chi connectivity index (χ0n) is 14.3. The molecular formula is C18H19F3N4O. The Bertz CT molecular complexity index is 812. The predicted octanol–water partition coefficient (Wildman–Crippen LogP) is 3.12. The van der Waals surface area contributed by atoms with Crippen LogP contribution in [0, 0.1) is 5.92 Å². The van der Waals surface area contributed by atoms with E-state index in [2.05, 4.69) is 15.5 Å². The van der Waals surface area contributed by atoms with Crippen LogP contribution in [0.25, 0.3) is 6.08 Å². The molecule has 0 saturated carbocycles. The van der Waals surface area contributed by atoms with E-state index in [1.165, 1.54) is 4.57 Å². The molecule has 2 heterocycles. The molecule has 0 aliphatic carbocycles. The maximum absolute atomic E-state index is 13.0. The minimum absolute atomic E-state index is 0.0207. The van der Waals surface area contributed by atoms with Gasteiger partial charge in [0.05, 0.1) is 12.5 Å². The third-order valence-corrected chi connectivity index (χ3v) is 4.43. The Kier molecular flexibility index (Phi) is 5.11. The molecule has 138 valence electrons. The molecule has 0 fully saturated rings. The van der Waals surface area contributed by atoms with Crippen LogP contribution in [-0.2, 0) is 24.3 Å². The van der Waals surface area contributed by atoms with Gasteiger partial charge in [-0.1, -0.05) is 30.3 Å². The normalized spacial score (nSPS) is 17.7. The first-order valence-electron chi connectivity index (χ1n) is 8.34. The number of benzene rings is 1. The highest BCUT2D eigenvalue weighted by Gasteiger charge is 2.42. The molecule has 1 unspecified atom stereocenters. The molecule has 1 aliphatic heterocycles. The minimum atomic E-state index is -4.24. The second-order valence-electron chi connectivity index (χ2n) is 6.34. The van der Waals surface area contributed by atoms with Crippen LogP contribution in [0.4, 0.5) is 13.2 Å². The van der Waals surface area contributed by atoms with Gasteiger partial charge >= 0.3 is 6.18 Å². The molecule has 1 aromatic heterocycles. The summed E-state index contributed by atoms with van der Waals surface area (Å²) >= 11 is 0. The van der Waals surface area contributed by atoms with Gasteiger partial charge in [0, 0.05) is 18.5 Å². The molecular weight excluding hydrogens is 345 g/mol. The first-order valence-corrected chi connectivity index (χ1v) is 8.34. The summed E-state index contributed by atoms with van der Waals surface area (Å²) in [6.45, 7) is 1.52. The molecule has 3 rings (SSSR count). The summed E-state index contributed by atoms with van der Waals surface area (Å²) in [5.74, 6) is -0.823. The lowest BCUT2D eigenvalue weighted by atomic mass is 9.99. The summed E-state index contributed by atoms with van der Waals surface area (Å²) in [7, 11) is 0. The quantitative estimate of drug-likeness (QED) is 0.848. The van der Waals surface area contributed by atoms with Crippen LogP contribution in [-0.4, -0.2) is 26.8 Å². The van der Waals surface area contributed by atoms with Crippen molar-refractivity contribution in [2.45, 2.75) is 39.0 Å². The van der Waals surface area contributed by atoms with Gasteiger partial charge in [-0.3, -0.25) is 4.79 Å². The molecule has 0 saturated heterocycles. The number of nitrogens with one attached hydrogen (secondary N) is 1. The Hall–Kier alpha value is -2.64. The number of halogens is 3. The number of aromatic nitrogens is 3. The lowest BCUT2D eigenvalue weighted by molar-refractivity contribution is -0.182. The van der Waals surface area contributed by atoms with Crippen LogP contribution in [0.15, 0.2) is 35.9 Å². The predicted molar refractivity (Wildman–Crippen MR) is 89.8 cm³/mol. The maximum atomic E-state index is 13.0. The van der Waals surface area contributed by atoms with Crippen molar-refractivity contribution in [2.75, 3.05) is 0 Å². The summed E-state index contributed by atoms with van der Waals surface area (Å²) < 4.78 is 40.4. The summed E-state index contributed by atoms with van der Waals surface area (Å²) in [6, 6.07) is 9.38. The van der Waals surface area contributed by atoms with Crippen molar-refractivity contribution in [2.24, 2.45) is 5.92 Å². The van der Waals surface area contributed by atoms with E-state index in [1.54, 1.807) is 13.0 Å². The molecule has 8 heteroatoms. The van der Waals surface area contributed by atoms with Crippen molar-refractivity contribution >= 4 is 12.0 Å². The van der Waals surface area contributed by atoms with E-state index in [9.17, 15) is 18.0 Å². The molecule has 0 radical (unpaired) electrons. The number of amides is 1. The number of alkyl halides is 3. The Labute approximate surface area is 148 Å². The van der Waals surface area contributed by atoms with Gasteiger partial charge in [0.25, 0.3) is 0 Å². The monoisotopic (exact) mass is 364 g/mol. The average molecular weight is 364 g/mol. The van der Waals surface area contributed by atoms with Gasteiger partial charge in [-0.15, -0.1) is 10.2 Å². The number of rotatable bonds is 4. The molecule has 26 heavy (non-hydrogen) atoms. The molecule has 1 aliphatic rings. The molecule has 0 spiro atoms. The maximum Gasteiger partial charge on any atom is 0.393 e. The number of hydrogen-bond donors (Lipinski definition) is 1. The molecule has 0 bridgehead atoms. The minimum Gasteiger partial charge on any atom is -0.345 e. The largest absolute Gasteiger partial charge is 0.393 e. The second kappa shape index (κ2) is 7.31. The van der Waals surface area contributed by atoms with Gasteiger partial charge in [-0.2, -0.15) is 13.2 Å². The van der Waals surface area contributed by atoms with Gasteiger partial charge < -0.3 is 9.88 Å². The van der Waals surface area contributed by atoms with Crippen molar-refractivity contribution in [3.8, 4) is 0 Å². The van der Waals surface area contributed by atoms with Crippen molar-refractivity contribution in [3.63, 3.8) is 0 Å². The Morgan fingerprint density at radius 2 is 2.04 bits per heavy atom. The van der Waals surface area contributed by atoms with Crippen LogP contribution < -0.4 is 5.32 Å². The fraction of sp³-hybridized carbons (Fsp3) is 0.389. The molecule has 2 aromatic rings. The van der Waals surface area contributed by atoms with E-state index < -0.39 is 12.1 Å². The standard InChI is InChI=1S/C18H19F3N4O/c1-12(9-13-5-3-2-4-6-13)17(26)22-10-16-24-23-15-8-7-14(11-25(15)16)18(19,20)21/h2-6,9,14H,7-8,10-11H2,1H3,(H,22,26)/b12-9-. The van der Waals surface area contributed by atoms with Crippen LogP contribution in [0.3, 0.4) is 0 Å². The van der Waals surface area contributed by atoms with E-state index in [0.29, 0.717) is 17.2 Å². The Morgan fingerprint density at radius 1 is 1.31 bits per heavy atom. The van der Waals surface area contributed by atoms with Crippen LogP contribution in [0.1, 0.15) is 30.6 Å². The topological polar surface area (TPSA) is 59.8 Å². The van der Waals surface area contributed by atoms with E-state index in [0.717, 1.165) is 5.56 Å². The van der Waals surface area contributed by atoms with Crippen molar-refractivity contribution in [1.82, 2.24) is 20.1 Å². The summed E-state index contributed by atoms with van der Waals surface area (Å²) in [5.41, 5.74) is 1.40. The number of aryl methyl sites for hydroxylation is 1. The van der Waals surface area contributed by atoms with Crippen LogP contribution in [0.5, 0.6) is 0 Å². The highest BCUT2D eigenvalue weighted by Crippen LogP contribution is 2.34. The van der Waals surface area contributed by atoms with Crippen molar-refractivity contribution in [1.29, 1.82) is 0 Å². The van der Waals surface area contributed by atoms with Gasteiger partial charge in [-0.25, -0.2) is 0 Å². The van der Waals surface area contributed by atoms with Gasteiger partial charge in [0.1, 0.15) is 5.82 Å². The Morgan fingerprint density at radius 3 is 2.73 bits per heavy atom. The van der Waals surface area contributed by atoms with Gasteiger partial charge in [-0.05, 0) is 25.0 Å².